The second-order valence-corrected chi connectivity index (χ2v) is 4.06. The van der Waals surface area contributed by atoms with Crippen LogP contribution in [0.5, 0.6) is 0 Å². The van der Waals surface area contributed by atoms with E-state index in [1.807, 2.05) is 18.2 Å². The molecular weight excluding hydrogens is 224 g/mol. The highest BCUT2D eigenvalue weighted by atomic mass is 14.9. The molecule has 2 aromatic rings. The molecule has 18 heavy (non-hydrogen) atoms. The maximum absolute atomic E-state index is 8.85. The summed E-state index contributed by atoms with van der Waals surface area (Å²) < 4.78 is 0. The Kier molecular flexibility index (Phi) is 3.54. The first-order valence-electron chi connectivity index (χ1n) is 5.87. The Morgan fingerprint density at radius 3 is 2.56 bits per heavy atom. The summed E-state index contributed by atoms with van der Waals surface area (Å²) in [6, 6.07) is 11.5. The van der Waals surface area contributed by atoms with Gasteiger partial charge < -0.3 is 5.73 Å². The van der Waals surface area contributed by atoms with E-state index in [9.17, 15) is 0 Å². The molecule has 90 valence electrons. The van der Waals surface area contributed by atoms with Gasteiger partial charge in [-0.3, -0.25) is 0 Å². The number of nitriles is 1. The summed E-state index contributed by atoms with van der Waals surface area (Å²) in [7, 11) is 0. The van der Waals surface area contributed by atoms with Crippen LogP contribution in [-0.4, -0.2) is 9.97 Å². The zero-order valence-electron chi connectivity index (χ0n) is 10.2. The van der Waals surface area contributed by atoms with E-state index in [4.69, 9.17) is 11.0 Å². The third-order valence-electron chi connectivity index (χ3n) is 2.61. The Morgan fingerprint density at radius 2 is 1.94 bits per heavy atom. The first-order chi connectivity index (χ1) is 8.72. The largest absolute Gasteiger partial charge is 0.384 e. The minimum absolute atomic E-state index is 0.287. The number of nitrogen functional groups attached to an aromatic ring is 1. The van der Waals surface area contributed by atoms with Crippen LogP contribution in [0.25, 0.3) is 11.4 Å². The van der Waals surface area contributed by atoms with Gasteiger partial charge in [-0.25, -0.2) is 9.97 Å². The van der Waals surface area contributed by atoms with Crippen LogP contribution in [0.2, 0.25) is 0 Å². The van der Waals surface area contributed by atoms with Crippen molar-refractivity contribution >= 4 is 5.82 Å². The summed E-state index contributed by atoms with van der Waals surface area (Å²) >= 11 is 0. The van der Waals surface area contributed by atoms with E-state index >= 15 is 0 Å². The number of nitrogens with zero attached hydrogens (tertiary/aromatic N) is 3. The molecule has 2 N–H and O–H groups in total. The summed E-state index contributed by atoms with van der Waals surface area (Å²) in [6.07, 6.45) is 2.17. The van der Waals surface area contributed by atoms with E-state index in [-0.39, 0.29) is 5.69 Å². The summed E-state index contributed by atoms with van der Waals surface area (Å²) in [5.74, 6) is 0.809. The van der Waals surface area contributed by atoms with E-state index in [2.05, 4.69) is 29.0 Å². The summed E-state index contributed by atoms with van der Waals surface area (Å²) in [5, 5.41) is 8.85. The fourth-order valence-corrected chi connectivity index (χ4v) is 1.76. The minimum Gasteiger partial charge on any atom is -0.384 e. The Morgan fingerprint density at radius 1 is 1.22 bits per heavy atom. The van der Waals surface area contributed by atoms with E-state index in [1.165, 1.54) is 11.6 Å². The van der Waals surface area contributed by atoms with Crippen LogP contribution in [0.4, 0.5) is 5.82 Å². The summed E-state index contributed by atoms with van der Waals surface area (Å²) in [4.78, 5) is 8.29. The molecular formula is C14H14N4. The van der Waals surface area contributed by atoms with Gasteiger partial charge in [0, 0.05) is 11.6 Å². The van der Waals surface area contributed by atoms with Gasteiger partial charge in [0.2, 0.25) is 0 Å². The third-order valence-corrected chi connectivity index (χ3v) is 2.61. The van der Waals surface area contributed by atoms with Gasteiger partial charge in [0.05, 0.1) is 0 Å². The number of hydrogen-bond acceptors (Lipinski definition) is 4. The molecule has 2 rings (SSSR count). The number of hydrogen-bond donors (Lipinski definition) is 1. The smallest absolute Gasteiger partial charge is 0.162 e. The van der Waals surface area contributed by atoms with Crippen molar-refractivity contribution in [3.8, 4) is 17.5 Å². The van der Waals surface area contributed by atoms with Crippen LogP contribution in [0, 0.1) is 11.3 Å². The quantitative estimate of drug-likeness (QED) is 0.891. The zero-order valence-corrected chi connectivity index (χ0v) is 10.2. The maximum Gasteiger partial charge on any atom is 0.162 e. The lowest BCUT2D eigenvalue weighted by Gasteiger charge is -2.03. The van der Waals surface area contributed by atoms with E-state index < -0.39 is 0 Å². The van der Waals surface area contributed by atoms with Gasteiger partial charge >= 0.3 is 0 Å². The van der Waals surface area contributed by atoms with Crippen molar-refractivity contribution in [2.75, 3.05) is 5.73 Å². The molecule has 0 aliphatic carbocycles. The Balaban J connectivity index is 2.36. The molecule has 0 atom stereocenters. The van der Waals surface area contributed by atoms with Crippen LogP contribution in [0.3, 0.4) is 0 Å². The molecule has 4 nitrogen and oxygen atoms in total. The summed E-state index contributed by atoms with van der Waals surface area (Å²) in [5.41, 5.74) is 8.09. The summed E-state index contributed by atoms with van der Waals surface area (Å²) in [6.45, 7) is 2.15. The van der Waals surface area contributed by atoms with Crippen LogP contribution < -0.4 is 5.73 Å². The standard InChI is InChI=1S/C14H14N4/c1-2-3-10-4-6-11(7-5-10)14-17-12(9-15)8-13(16)18-14/h4-8H,2-3H2,1H3,(H2,16,17,18). The normalized spacial score (nSPS) is 10.0. The van der Waals surface area contributed by atoms with Gasteiger partial charge in [0.1, 0.15) is 17.6 Å². The number of aromatic nitrogens is 2. The third kappa shape index (κ3) is 2.64. The monoisotopic (exact) mass is 238 g/mol. The van der Waals surface area contributed by atoms with E-state index in [0.717, 1.165) is 18.4 Å². The number of rotatable bonds is 3. The van der Waals surface area contributed by atoms with Crippen molar-refractivity contribution in [3.05, 3.63) is 41.6 Å². The Bertz CT molecular complexity index is 582. The molecule has 0 amide bonds. The van der Waals surface area contributed by atoms with Crippen LogP contribution >= 0.6 is 0 Å². The van der Waals surface area contributed by atoms with Crippen molar-refractivity contribution < 1.29 is 0 Å². The lowest BCUT2D eigenvalue weighted by atomic mass is 10.1. The predicted octanol–water partition coefficient (Wildman–Crippen LogP) is 2.55. The fraction of sp³-hybridized carbons (Fsp3) is 0.214. The van der Waals surface area contributed by atoms with Gasteiger partial charge in [0.25, 0.3) is 0 Å². The molecule has 0 radical (unpaired) electrons. The molecule has 1 aromatic carbocycles. The average Bonchev–Trinajstić information content (AvgIpc) is 2.39. The van der Waals surface area contributed by atoms with Crippen molar-refractivity contribution in [3.63, 3.8) is 0 Å². The molecule has 0 unspecified atom stereocenters. The first-order valence-corrected chi connectivity index (χ1v) is 5.87. The average molecular weight is 238 g/mol. The zero-order chi connectivity index (χ0) is 13.0. The Hall–Kier alpha value is -2.41. The number of aryl methyl sites for hydroxylation is 1. The van der Waals surface area contributed by atoms with Gasteiger partial charge in [-0.05, 0) is 12.0 Å². The molecule has 0 aliphatic heterocycles. The molecule has 0 saturated carbocycles. The molecule has 1 heterocycles. The maximum atomic E-state index is 8.85. The fourth-order valence-electron chi connectivity index (χ4n) is 1.76. The second kappa shape index (κ2) is 5.28. The molecule has 0 aliphatic rings. The predicted molar refractivity (Wildman–Crippen MR) is 70.6 cm³/mol. The second-order valence-electron chi connectivity index (χ2n) is 4.06. The molecule has 4 heteroatoms. The SMILES string of the molecule is CCCc1ccc(-c2nc(N)cc(C#N)n2)cc1. The molecule has 0 saturated heterocycles. The Labute approximate surface area is 106 Å². The van der Waals surface area contributed by atoms with Crippen molar-refractivity contribution in [1.82, 2.24) is 9.97 Å². The highest BCUT2D eigenvalue weighted by Crippen LogP contribution is 2.18. The minimum atomic E-state index is 0.287. The van der Waals surface area contributed by atoms with Crippen LogP contribution in [0.15, 0.2) is 30.3 Å². The van der Waals surface area contributed by atoms with Crippen molar-refractivity contribution in [2.45, 2.75) is 19.8 Å². The highest BCUT2D eigenvalue weighted by Gasteiger charge is 2.05. The van der Waals surface area contributed by atoms with Gasteiger partial charge in [-0.1, -0.05) is 37.6 Å². The van der Waals surface area contributed by atoms with E-state index in [0.29, 0.717) is 11.6 Å². The van der Waals surface area contributed by atoms with Gasteiger partial charge in [-0.15, -0.1) is 0 Å². The lowest BCUT2D eigenvalue weighted by molar-refractivity contribution is 0.922. The van der Waals surface area contributed by atoms with Crippen LogP contribution in [0.1, 0.15) is 24.6 Å². The van der Waals surface area contributed by atoms with Crippen LogP contribution in [-0.2, 0) is 6.42 Å². The topological polar surface area (TPSA) is 75.6 Å². The molecule has 1 aromatic heterocycles. The van der Waals surface area contributed by atoms with Crippen molar-refractivity contribution in [1.29, 1.82) is 5.26 Å². The molecule has 0 spiro atoms. The lowest BCUT2D eigenvalue weighted by Crippen LogP contribution is -1.98. The number of anilines is 1. The van der Waals surface area contributed by atoms with Gasteiger partial charge in [-0.2, -0.15) is 5.26 Å². The van der Waals surface area contributed by atoms with Crippen molar-refractivity contribution in [2.24, 2.45) is 0 Å². The molecule has 0 bridgehead atoms. The first kappa shape index (κ1) is 12.1. The number of benzene rings is 1. The van der Waals surface area contributed by atoms with E-state index in [1.54, 1.807) is 0 Å². The molecule has 0 fully saturated rings. The van der Waals surface area contributed by atoms with Gasteiger partial charge in [0.15, 0.2) is 5.82 Å². The highest BCUT2D eigenvalue weighted by molar-refractivity contribution is 5.58. The number of nitrogens with two attached hydrogens (primary N) is 1.